The third-order valence-corrected chi connectivity index (χ3v) is 5.90. The van der Waals surface area contributed by atoms with Gasteiger partial charge >= 0.3 is 0 Å². The van der Waals surface area contributed by atoms with Gasteiger partial charge in [0.05, 0.1) is 0 Å². The number of benzene rings is 4. The fourth-order valence-electron chi connectivity index (χ4n) is 3.91. The van der Waals surface area contributed by atoms with Crippen LogP contribution in [0.3, 0.4) is 0 Å². The lowest BCUT2D eigenvalue weighted by Gasteiger charge is -2.15. The fraction of sp³-hybridized carbons (Fsp3) is 0.250. The van der Waals surface area contributed by atoms with Crippen molar-refractivity contribution in [3.05, 3.63) is 120 Å². The number of hydrogen-bond donors (Lipinski definition) is 1. The van der Waals surface area contributed by atoms with Crippen molar-refractivity contribution in [3.63, 3.8) is 0 Å². The fourth-order valence-corrected chi connectivity index (χ4v) is 3.91. The maximum absolute atomic E-state index is 6.13. The molecule has 4 rings (SSSR count). The molecule has 0 aliphatic carbocycles. The Labute approximate surface area is 220 Å². The maximum Gasteiger partial charge on any atom is 0.127 e. The van der Waals surface area contributed by atoms with Crippen molar-refractivity contribution in [1.82, 2.24) is 5.32 Å². The largest absolute Gasteiger partial charge is 0.490 e. The minimum atomic E-state index is 0.436. The molecule has 0 aliphatic rings. The average Bonchev–Trinajstić information content (AvgIpc) is 2.94. The van der Waals surface area contributed by atoms with Crippen LogP contribution in [0.15, 0.2) is 103 Å². The van der Waals surface area contributed by atoms with E-state index in [1.165, 1.54) is 11.1 Å². The van der Waals surface area contributed by atoms with Crippen molar-refractivity contribution in [2.24, 2.45) is 0 Å². The summed E-state index contributed by atoms with van der Waals surface area (Å²) in [4.78, 5) is 0. The molecular weight excluding hydrogens is 462 g/mol. The molecule has 0 bridgehead atoms. The monoisotopic (exact) mass is 497 g/mol. The van der Waals surface area contributed by atoms with E-state index in [4.69, 9.17) is 18.9 Å². The molecule has 4 aromatic carbocycles. The Kier molecular flexibility index (Phi) is 10.3. The van der Waals surface area contributed by atoms with E-state index < -0.39 is 0 Å². The van der Waals surface area contributed by atoms with Gasteiger partial charge in [0.2, 0.25) is 0 Å². The zero-order valence-electron chi connectivity index (χ0n) is 21.4. The Bertz CT molecular complexity index is 1200. The summed E-state index contributed by atoms with van der Waals surface area (Å²) in [5.41, 5.74) is 3.77. The molecule has 5 heteroatoms. The Morgan fingerprint density at radius 3 is 1.76 bits per heavy atom. The number of rotatable bonds is 15. The normalized spacial score (nSPS) is 10.6. The molecule has 0 heterocycles. The summed E-state index contributed by atoms with van der Waals surface area (Å²) in [5, 5.41) is 3.55. The Morgan fingerprint density at radius 1 is 0.541 bits per heavy atom. The Morgan fingerprint density at radius 2 is 1.11 bits per heavy atom. The molecule has 0 atom stereocenters. The highest BCUT2D eigenvalue weighted by Gasteiger charge is 2.08. The van der Waals surface area contributed by atoms with E-state index in [0.717, 1.165) is 41.5 Å². The summed E-state index contributed by atoms with van der Waals surface area (Å²) >= 11 is 0. The summed E-state index contributed by atoms with van der Waals surface area (Å²) in [7, 11) is 0. The van der Waals surface area contributed by atoms with Gasteiger partial charge in [-0.3, -0.25) is 0 Å². The molecule has 0 saturated carbocycles. The molecule has 5 nitrogen and oxygen atoms in total. The quantitative estimate of drug-likeness (QED) is 0.197. The molecule has 4 aromatic rings. The van der Waals surface area contributed by atoms with Crippen LogP contribution in [0.4, 0.5) is 0 Å². The van der Waals surface area contributed by atoms with E-state index >= 15 is 0 Å². The average molecular weight is 498 g/mol. The van der Waals surface area contributed by atoms with Crippen LogP contribution in [0.25, 0.3) is 0 Å². The third kappa shape index (κ3) is 8.89. The van der Waals surface area contributed by atoms with Crippen molar-refractivity contribution in [1.29, 1.82) is 0 Å². The zero-order valence-corrected chi connectivity index (χ0v) is 21.4. The second-order valence-electron chi connectivity index (χ2n) is 8.64. The molecule has 0 saturated heterocycles. The van der Waals surface area contributed by atoms with Gasteiger partial charge in [-0.2, -0.15) is 0 Å². The predicted octanol–water partition coefficient (Wildman–Crippen LogP) is 6.24. The molecular formula is C32H35NO4. The van der Waals surface area contributed by atoms with Crippen molar-refractivity contribution < 1.29 is 18.9 Å². The topological polar surface area (TPSA) is 49.0 Å². The van der Waals surface area contributed by atoms with Crippen molar-refractivity contribution in [2.75, 3.05) is 33.0 Å². The highest BCUT2D eigenvalue weighted by molar-refractivity contribution is 5.41. The van der Waals surface area contributed by atoms with Crippen LogP contribution in [0.5, 0.6) is 23.0 Å². The number of para-hydroxylation sites is 2. The first kappa shape index (κ1) is 26.1. The van der Waals surface area contributed by atoms with Gasteiger partial charge in [-0.1, -0.05) is 66.7 Å². The Hall–Kier alpha value is -3.96. The summed E-state index contributed by atoms with van der Waals surface area (Å²) in [6, 6.07) is 34.0. The highest BCUT2D eigenvalue weighted by Crippen LogP contribution is 2.25. The van der Waals surface area contributed by atoms with Gasteiger partial charge in [0.1, 0.15) is 49.4 Å². The third-order valence-electron chi connectivity index (χ3n) is 5.90. The van der Waals surface area contributed by atoms with Crippen LogP contribution in [0.2, 0.25) is 0 Å². The lowest BCUT2D eigenvalue weighted by Crippen LogP contribution is -2.18. The predicted molar refractivity (Wildman–Crippen MR) is 148 cm³/mol. The molecule has 0 aliphatic heterocycles. The minimum absolute atomic E-state index is 0.436. The number of hydrogen-bond acceptors (Lipinski definition) is 5. The van der Waals surface area contributed by atoms with Crippen LogP contribution >= 0.6 is 0 Å². The van der Waals surface area contributed by atoms with Gasteiger partial charge in [-0.15, -0.1) is 0 Å². The van der Waals surface area contributed by atoms with E-state index in [1.54, 1.807) is 0 Å². The van der Waals surface area contributed by atoms with Crippen molar-refractivity contribution >= 4 is 0 Å². The first-order valence-corrected chi connectivity index (χ1v) is 12.8. The molecule has 0 spiro atoms. The van der Waals surface area contributed by atoms with Crippen molar-refractivity contribution in [2.45, 2.75) is 19.9 Å². The van der Waals surface area contributed by atoms with E-state index in [0.29, 0.717) is 33.0 Å². The summed E-state index contributed by atoms with van der Waals surface area (Å²) < 4.78 is 23.6. The maximum atomic E-state index is 6.13. The number of aryl methyl sites for hydroxylation is 1. The summed E-state index contributed by atoms with van der Waals surface area (Å²) in [6.45, 7) is 5.55. The standard InChI is InChI=1S/C32H35NO4/c1-26-10-8-9-11-27(26)18-19-33-25-28-16-17-31(36-21-20-34-29-12-4-2-5-13-29)24-32(28)37-23-22-35-30-14-6-3-7-15-30/h2-17,24,33H,18-23,25H2,1H3. The Balaban J connectivity index is 1.30. The number of nitrogens with one attached hydrogen (secondary N) is 1. The first-order valence-electron chi connectivity index (χ1n) is 12.8. The highest BCUT2D eigenvalue weighted by atomic mass is 16.5. The summed E-state index contributed by atoms with van der Waals surface area (Å²) in [5.74, 6) is 3.21. The molecule has 0 fully saturated rings. The van der Waals surface area contributed by atoms with Gasteiger partial charge in [-0.05, 0) is 61.3 Å². The van der Waals surface area contributed by atoms with Crippen LogP contribution in [-0.2, 0) is 13.0 Å². The second-order valence-corrected chi connectivity index (χ2v) is 8.64. The first-order chi connectivity index (χ1) is 18.3. The number of ether oxygens (including phenoxy) is 4. The van der Waals surface area contributed by atoms with E-state index in [2.05, 4.69) is 42.6 Å². The van der Waals surface area contributed by atoms with Crippen molar-refractivity contribution in [3.8, 4) is 23.0 Å². The minimum Gasteiger partial charge on any atom is -0.490 e. The van der Waals surface area contributed by atoms with Gasteiger partial charge in [0.25, 0.3) is 0 Å². The van der Waals surface area contributed by atoms with Crippen LogP contribution in [0, 0.1) is 6.92 Å². The van der Waals surface area contributed by atoms with Crippen LogP contribution in [0.1, 0.15) is 16.7 Å². The lowest BCUT2D eigenvalue weighted by molar-refractivity contribution is 0.209. The second kappa shape index (κ2) is 14.6. The van der Waals surface area contributed by atoms with Gasteiger partial charge < -0.3 is 24.3 Å². The van der Waals surface area contributed by atoms with Crippen LogP contribution in [-0.4, -0.2) is 33.0 Å². The van der Waals surface area contributed by atoms with E-state index in [9.17, 15) is 0 Å². The molecule has 0 aromatic heterocycles. The smallest absolute Gasteiger partial charge is 0.127 e. The van der Waals surface area contributed by atoms with Crippen LogP contribution < -0.4 is 24.3 Å². The molecule has 192 valence electrons. The summed E-state index contributed by atoms with van der Waals surface area (Å²) in [6.07, 6.45) is 0.983. The van der Waals surface area contributed by atoms with Gasteiger partial charge in [0.15, 0.2) is 0 Å². The molecule has 37 heavy (non-hydrogen) atoms. The van der Waals surface area contributed by atoms with E-state index in [1.807, 2.05) is 72.8 Å². The zero-order chi connectivity index (χ0) is 25.5. The lowest BCUT2D eigenvalue weighted by atomic mass is 10.1. The molecule has 0 amide bonds. The van der Waals surface area contributed by atoms with Gasteiger partial charge in [-0.25, -0.2) is 0 Å². The molecule has 1 N–H and O–H groups in total. The van der Waals surface area contributed by atoms with Gasteiger partial charge in [0, 0.05) is 18.2 Å². The SMILES string of the molecule is Cc1ccccc1CCNCc1ccc(OCCOc2ccccc2)cc1OCCOc1ccccc1. The van der Waals surface area contributed by atoms with E-state index in [-0.39, 0.29) is 0 Å². The molecule has 0 unspecified atom stereocenters. The molecule has 0 radical (unpaired) electrons.